The van der Waals surface area contributed by atoms with Crippen LogP contribution in [0.4, 0.5) is 5.13 Å². The number of morpholine rings is 1. The van der Waals surface area contributed by atoms with Crippen LogP contribution in [0.3, 0.4) is 0 Å². The lowest BCUT2D eigenvalue weighted by Gasteiger charge is -2.31. The van der Waals surface area contributed by atoms with Gasteiger partial charge in [-0.2, -0.15) is 0 Å². The van der Waals surface area contributed by atoms with Gasteiger partial charge in [-0.1, -0.05) is 23.5 Å². The monoisotopic (exact) mass is 268 g/mol. The molecule has 2 aromatic rings. The third-order valence-corrected chi connectivity index (χ3v) is 4.31. The maximum atomic E-state index is 5.84. The number of nitrogens with zero attached hydrogens (tertiary/aromatic N) is 2. The minimum atomic E-state index is 0.123. The number of fused-ring (bicyclic) bond motifs is 1. The van der Waals surface area contributed by atoms with E-state index >= 15 is 0 Å². The van der Waals surface area contributed by atoms with E-state index in [1.165, 1.54) is 4.70 Å². The number of alkyl halides is 1. The maximum Gasteiger partial charge on any atom is 0.186 e. The summed E-state index contributed by atoms with van der Waals surface area (Å²) in [4.78, 5) is 6.92. The molecule has 1 saturated heterocycles. The first-order valence-corrected chi connectivity index (χ1v) is 7.00. The summed E-state index contributed by atoms with van der Waals surface area (Å²) < 4.78 is 6.79. The third-order valence-electron chi connectivity index (χ3n) is 2.86. The Morgan fingerprint density at radius 3 is 3.18 bits per heavy atom. The van der Waals surface area contributed by atoms with Crippen molar-refractivity contribution in [1.29, 1.82) is 0 Å². The van der Waals surface area contributed by atoms with Crippen molar-refractivity contribution in [1.82, 2.24) is 4.98 Å². The number of hydrogen-bond acceptors (Lipinski definition) is 4. The summed E-state index contributed by atoms with van der Waals surface area (Å²) in [5.41, 5.74) is 1.07. The van der Waals surface area contributed by atoms with Crippen LogP contribution in [0, 0.1) is 0 Å². The Morgan fingerprint density at radius 2 is 2.35 bits per heavy atom. The molecular formula is C12H13ClN2OS. The van der Waals surface area contributed by atoms with E-state index in [1.54, 1.807) is 11.3 Å². The van der Waals surface area contributed by atoms with E-state index in [0.29, 0.717) is 5.88 Å². The van der Waals surface area contributed by atoms with E-state index in [0.717, 1.165) is 30.3 Å². The summed E-state index contributed by atoms with van der Waals surface area (Å²) in [6.07, 6.45) is 0.123. The average molecular weight is 269 g/mol. The van der Waals surface area contributed by atoms with Crippen LogP contribution in [0.25, 0.3) is 10.2 Å². The van der Waals surface area contributed by atoms with Gasteiger partial charge in [0.05, 0.1) is 28.8 Å². The molecule has 0 N–H and O–H groups in total. The van der Waals surface area contributed by atoms with Crippen LogP contribution in [0.15, 0.2) is 24.3 Å². The molecule has 5 heteroatoms. The molecule has 3 nitrogen and oxygen atoms in total. The van der Waals surface area contributed by atoms with E-state index in [1.807, 2.05) is 12.1 Å². The highest BCUT2D eigenvalue weighted by molar-refractivity contribution is 7.22. The highest BCUT2D eigenvalue weighted by Crippen LogP contribution is 2.29. The molecule has 1 unspecified atom stereocenters. The van der Waals surface area contributed by atoms with Crippen molar-refractivity contribution < 1.29 is 4.74 Å². The molecule has 1 aromatic carbocycles. The number of benzene rings is 1. The molecule has 0 amide bonds. The third kappa shape index (κ3) is 2.25. The van der Waals surface area contributed by atoms with Crippen LogP contribution in [0.5, 0.6) is 0 Å². The predicted molar refractivity (Wildman–Crippen MR) is 72.3 cm³/mol. The van der Waals surface area contributed by atoms with Crippen LogP contribution < -0.4 is 4.90 Å². The van der Waals surface area contributed by atoms with Gasteiger partial charge in [0, 0.05) is 13.1 Å². The van der Waals surface area contributed by atoms with Gasteiger partial charge in [0.1, 0.15) is 0 Å². The fraction of sp³-hybridized carbons (Fsp3) is 0.417. The molecule has 90 valence electrons. The zero-order valence-electron chi connectivity index (χ0n) is 9.30. The summed E-state index contributed by atoms with van der Waals surface area (Å²) in [7, 11) is 0. The molecule has 0 bridgehead atoms. The molecule has 1 atom stereocenters. The number of anilines is 1. The number of hydrogen-bond donors (Lipinski definition) is 0. The fourth-order valence-corrected chi connectivity index (χ4v) is 3.17. The van der Waals surface area contributed by atoms with Gasteiger partial charge in [0.25, 0.3) is 0 Å². The first-order chi connectivity index (χ1) is 8.36. The van der Waals surface area contributed by atoms with Gasteiger partial charge in [-0.25, -0.2) is 4.98 Å². The fourth-order valence-electron chi connectivity index (χ4n) is 1.98. The van der Waals surface area contributed by atoms with E-state index < -0.39 is 0 Å². The molecule has 0 radical (unpaired) electrons. The first-order valence-electron chi connectivity index (χ1n) is 5.65. The predicted octanol–water partition coefficient (Wildman–Crippen LogP) is 2.74. The number of rotatable bonds is 2. The van der Waals surface area contributed by atoms with Gasteiger partial charge < -0.3 is 9.64 Å². The Balaban J connectivity index is 1.87. The summed E-state index contributed by atoms with van der Waals surface area (Å²) in [6, 6.07) is 8.22. The summed E-state index contributed by atoms with van der Waals surface area (Å²) in [6.45, 7) is 2.46. The Hall–Kier alpha value is -0.840. The minimum absolute atomic E-state index is 0.123. The van der Waals surface area contributed by atoms with Crippen molar-refractivity contribution in [2.24, 2.45) is 0 Å². The Morgan fingerprint density at radius 1 is 1.47 bits per heavy atom. The van der Waals surface area contributed by atoms with Crippen molar-refractivity contribution in [3.05, 3.63) is 24.3 Å². The highest BCUT2D eigenvalue weighted by atomic mass is 35.5. The van der Waals surface area contributed by atoms with Crippen LogP contribution >= 0.6 is 22.9 Å². The van der Waals surface area contributed by atoms with E-state index in [2.05, 4.69) is 22.0 Å². The van der Waals surface area contributed by atoms with Gasteiger partial charge in [0.15, 0.2) is 5.13 Å². The minimum Gasteiger partial charge on any atom is -0.373 e. The number of thiazole rings is 1. The molecule has 17 heavy (non-hydrogen) atoms. The van der Waals surface area contributed by atoms with Crippen LogP contribution in [-0.4, -0.2) is 36.7 Å². The molecule has 0 saturated carbocycles. The quantitative estimate of drug-likeness (QED) is 0.783. The van der Waals surface area contributed by atoms with Crippen molar-refractivity contribution in [2.75, 3.05) is 30.5 Å². The van der Waals surface area contributed by atoms with Crippen LogP contribution in [0.2, 0.25) is 0 Å². The standard InChI is InChI=1S/C12H13ClN2OS/c13-7-9-8-15(5-6-16-9)12-14-10-3-1-2-4-11(10)17-12/h1-4,9H,5-8H2. The molecule has 1 aliphatic heterocycles. The molecule has 3 rings (SSSR count). The number of halogens is 1. The summed E-state index contributed by atoms with van der Waals surface area (Å²) in [5.74, 6) is 0.543. The summed E-state index contributed by atoms with van der Waals surface area (Å²) in [5, 5.41) is 1.07. The van der Waals surface area contributed by atoms with Crippen LogP contribution in [-0.2, 0) is 4.74 Å². The van der Waals surface area contributed by atoms with Gasteiger partial charge in [0.2, 0.25) is 0 Å². The van der Waals surface area contributed by atoms with E-state index in [4.69, 9.17) is 16.3 Å². The zero-order valence-corrected chi connectivity index (χ0v) is 10.9. The normalized spacial score (nSPS) is 21.0. The molecule has 2 heterocycles. The summed E-state index contributed by atoms with van der Waals surface area (Å²) >= 11 is 7.58. The van der Waals surface area contributed by atoms with E-state index in [9.17, 15) is 0 Å². The molecule has 1 aromatic heterocycles. The average Bonchev–Trinajstić information content (AvgIpc) is 2.82. The molecule has 1 aliphatic rings. The molecule has 0 spiro atoms. The van der Waals surface area contributed by atoms with Crippen molar-refractivity contribution in [2.45, 2.75) is 6.10 Å². The molecule has 1 fully saturated rings. The SMILES string of the molecule is ClCC1CN(c2nc3ccccc3s2)CCO1. The Kier molecular flexibility index (Phi) is 3.18. The van der Waals surface area contributed by atoms with Gasteiger partial charge >= 0.3 is 0 Å². The Labute approximate surface area is 109 Å². The second-order valence-corrected chi connectivity index (χ2v) is 5.37. The van der Waals surface area contributed by atoms with Gasteiger partial charge in [-0.15, -0.1) is 11.6 Å². The van der Waals surface area contributed by atoms with Gasteiger partial charge in [-0.05, 0) is 12.1 Å². The lowest BCUT2D eigenvalue weighted by atomic mass is 10.3. The number of ether oxygens (including phenoxy) is 1. The number of para-hydroxylation sites is 1. The molecular weight excluding hydrogens is 256 g/mol. The Bertz CT molecular complexity index is 483. The van der Waals surface area contributed by atoms with Crippen molar-refractivity contribution in [3.8, 4) is 0 Å². The van der Waals surface area contributed by atoms with Gasteiger partial charge in [-0.3, -0.25) is 0 Å². The first kappa shape index (κ1) is 11.3. The lowest BCUT2D eigenvalue weighted by molar-refractivity contribution is 0.0554. The smallest absolute Gasteiger partial charge is 0.186 e. The van der Waals surface area contributed by atoms with Crippen molar-refractivity contribution in [3.63, 3.8) is 0 Å². The zero-order chi connectivity index (χ0) is 11.7. The second kappa shape index (κ2) is 4.80. The number of aromatic nitrogens is 1. The largest absolute Gasteiger partial charge is 0.373 e. The van der Waals surface area contributed by atoms with E-state index in [-0.39, 0.29) is 6.10 Å². The maximum absolute atomic E-state index is 5.84. The van der Waals surface area contributed by atoms with Crippen LogP contribution in [0.1, 0.15) is 0 Å². The lowest BCUT2D eigenvalue weighted by Crippen LogP contribution is -2.43. The topological polar surface area (TPSA) is 25.4 Å². The second-order valence-electron chi connectivity index (χ2n) is 4.06. The molecule has 0 aliphatic carbocycles. The van der Waals surface area contributed by atoms with Crippen molar-refractivity contribution >= 4 is 38.3 Å². The highest BCUT2D eigenvalue weighted by Gasteiger charge is 2.22.